The van der Waals surface area contributed by atoms with Crippen LogP contribution in [0.25, 0.3) is 0 Å². The zero-order chi connectivity index (χ0) is 9.40. The molecule has 4 N–H and O–H groups in total. The summed E-state index contributed by atoms with van der Waals surface area (Å²) in [5.74, 6) is 0.138. The predicted octanol–water partition coefficient (Wildman–Crippen LogP) is -0.569. The Morgan fingerprint density at radius 3 is 2.33 bits per heavy atom. The zero-order valence-electron chi connectivity index (χ0n) is 7.54. The van der Waals surface area contributed by atoms with E-state index in [9.17, 15) is 0 Å². The summed E-state index contributed by atoms with van der Waals surface area (Å²) in [6.07, 6.45) is 0.897. The average molecular weight is 190 g/mol. The summed E-state index contributed by atoms with van der Waals surface area (Å²) in [7, 11) is 2.23. The summed E-state index contributed by atoms with van der Waals surface area (Å²) in [6.45, 7) is 0.642. The smallest absolute Gasteiger partial charge is 0.384 e. The zero-order valence-corrected chi connectivity index (χ0v) is 8.54. The minimum absolute atomic E-state index is 0.138. The van der Waals surface area contributed by atoms with Crippen molar-refractivity contribution in [2.75, 3.05) is 20.8 Å². The minimum Gasteiger partial charge on any atom is -0.397 e. The van der Waals surface area contributed by atoms with Crippen molar-refractivity contribution in [3.8, 4) is 0 Å². The largest absolute Gasteiger partial charge is 0.397 e. The molecular weight excluding hydrogens is 174 g/mol. The van der Waals surface area contributed by atoms with Gasteiger partial charge in [-0.2, -0.15) is 0 Å². The minimum atomic E-state index is -1.07. The van der Waals surface area contributed by atoms with Crippen LogP contribution in [0.2, 0.25) is 6.04 Å². The van der Waals surface area contributed by atoms with Crippen molar-refractivity contribution < 1.29 is 8.85 Å². The van der Waals surface area contributed by atoms with E-state index in [-0.39, 0.29) is 5.96 Å². The van der Waals surface area contributed by atoms with Gasteiger partial charge in [-0.25, -0.2) is 0 Å². The summed E-state index contributed by atoms with van der Waals surface area (Å²) < 4.78 is 10.2. The highest BCUT2D eigenvalue weighted by molar-refractivity contribution is 6.44. The highest BCUT2D eigenvalue weighted by atomic mass is 28.3. The van der Waals surface area contributed by atoms with Crippen molar-refractivity contribution in [3.63, 3.8) is 0 Å². The number of nitrogens with zero attached hydrogens (tertiary/aromatic N) is 1. The molecule has 0 fully saturated rings. The molecular formula is C6H16N3O2Si. The Bertz CT molecular complexity index is 135. The average Bonchev–Trinajstić information content (AvgIpc) is 2.04. The van der Waals surface area contributed by atoms with Crippen LogP contribution in [0.4, 0.5) is 0 Å². The summed E-state index contributed by atoms with van der Waals surface area (Å²) in [4.78, 5) is 3.84. The Kier molecular flexibility index (Phi) is 6.73. The maximum atomic E-state index is 5.15. The van der Waals surface area contributed by atoms with Gasteiger partial charge in [0.25, 0.3) is 0 Å². The standard InChI is InChI=1S/C6H16N3O2Si/c1-10-12(11-2)5-3-4-9-6(7)8/h3-5H2,1-2H3,(H4,7,8,9). The number of nitrogens with two attached hydrogens (primary N) is 2. The number of guanidine groups is 1. The second-order valence-corrected chi connectivity index (χ2v) is 4.25. The maximum Gasteiger partial charge on any atom is 0.384 e. The summed E-state index contributed by atoms with van der Waals surface area (Å²) >= 11 is 0. The number of hydrogen-bond donors (Lipinski definition) is 2. The van der Waals surface area contributed by atoms with Crippen LogP contribution in [0.3, 0.4) is 0 Å². The summed E-state index contributed by atoms with van der Waals surface area (Å²) in [6, 6.07) is 0.897. The van der Waals surface area contributed by atoms with Crippen LogP contribution in [0.15, 0.2) is 4.99 Å². The van der Waals surface area contributed by atoms with Crippen molar-refractivity contribution in [1.82, 2.24) is 0 Å². The molecule has 0 aromatic carbocycles. The van der Waals surface area contributed by atoms with Crippen molar-refractivity contribution in [2.24, 2.45) is 16.5 Å². The SMILES string of the molecule is CO[Si](CCCN=C(N)N)OC. The van der Waals surface area contributed by atoms with Gasteiger partial charge in [0.1, 0.15) is 0 Å². The molecule has 0 aliphatic heterocycles. The molecule has 0 bridgehead atoms. The molecule has 1 radical (unpaired) electrons. The fourth-order valence-corrected chi connectivity index (χ4v) is 1.74. The molecule has 0 amide bonds. The lowest BCUT2D eigenvalue weighted by Crippen LogP contribution is -2.23. The lowest BCUT2D eigenvalue weighted by Gasteiger charge is -2.07. The molecule has 0 heterocycles. The van der Waals surface area contributed by atoms with Gasteiger partial charge in [0, 0.05) is 20.8 Å². The highest BCUT2D eigenvalue weighted by Gasteiger charge is 2.09. The third-order valence-electron chi connectivity index (χ3n) is 1.29. The molecule has 0 aliphatic carbocycles. The Morgan fingerprint density at radius 2 is 1.92 bits per heavy atom. The molecule has 0 saturated carbocycles. The lowest BCUT2D eigenvalue weighted by atomic mass is 10.5. The molecule has 0 saturated heterocycles. The van der Waals surface area contributed by atoms with Crippen LogP contribution in [0.1, 0.15) is 6.42 Å². The second kappa shape index (κ2) is 7.08. The van der Waals surface area contributed by atoms with E-state index in [2.05, 4.69) is 4.99 Å². The Morgan fingerprint density at radius 1 is 1.33 bits per heavy atom. The van der Waals surface area contributed by atoms with Gasteiger partial charge in [-0.1, -0.05) is 0 Å². The Hall–Kier alpha value is -0.593. The monoisotopic (exact) mass is 190 g/mol. The predicted molar refractivity (Wildman–Crippen MR) is 49.9 cm³/mol. The van der Waals surface area contributed by atoms with Crippen LogP contribution in [0.5, 0.6) is 0 Å². The van der Waals surface area contributed by atoms with E-state index in [1.807, 2.05) is 0 Å². The van der Waals surface area contributed by atoms with Crippen LogP contribution < -0.4 is 11.5 Å². The number of rotatable bonds is 6. The van der Waals surface area contributed by atoms with Gasteiger partial charge in [0.2, 0.25) is 0 Å². The van der Waals surface area contributed by atoms with E-state index in [1.165, 1.54) is 0 Å². The fourth-order valence-electron chi connectivity index (χ4n) is 0.719. The molecule has 71 valence electrons. The van der Waals surface area contributed by atoms with E-state index < -0.39 is 9.28 Å². The van der Waals surface area contributed by atoms with Crippen LogP contribution in [-0.4, -0.2) is 36.0 Å². The highest BCUT2D eigenvalue weighted by Crippen LogP contribution is 1.98. The van der Waals surface area contributed by atoms with Crippen LogP contribution in [-0.2, 0) is 8.85 Å². The van der Waals surface area contributed by atoms with Crippen LogP contribution in [0, 0.1) is 0 Å². The quantitative estimate of drug-likeness (QED) is 0.254. The lowest BCUT2D eigenvalue weighted by molar-refractivity contribution is 0.277. The number of aliphatic imine (C=N–C) groups is 1. The van der Waals surface area contributed by atoms with E-state index in [0.29, 0.717) is 6.54 Å². The molecule has 0 rings (SSSR count). The Balaban J connectivity index is 3.35. The topological polar surface area (TPSA) is 82.9 Å². The first kappa shape index (κ1) is 11.4. The summed E-state index contributed by atoms with van der Waals surface area (Å²) in [5.41, 5.74) is 10.3. The molecule has 0 aliphatic rings. The first-order chi connectivity index (χ1) is 5.70. The first-order valence-electron chi connectivity index (χ1n) is 3.70. The van der Waals surface area contributed by atoms with Crippen molar-refractivity contribution in [3.05, 3.63) is 0 Å². The normalized spacial score (nSPS) is 10.2. The maximum absolute atomic E-state index is 5.15. The van der Waals surface area contributed by atoms with E-state index in [1.54, 1.807) is 14.2 Å². The van der Waals surface area contributed by atoms with Gasteiger partial charge in [0.15, 0.2) is 5.96 Å². The molecule has 6 heteroatoms. The van der Waals surface area contributed by atoms with Crippen LogP contribution >= 0.6 is 0 Å². The van der Waals surface area contributed by atoms with Gasteiger partial charge in [-0.15, -0.1) is 0 Å². The van der Waals surface area contributed by atoms with Crippen molar-refractivity contribution >= 4 is 15.2 Å². The molecule has 12 heavy (non-hydrogen) atoms. The third kappa shape index (κ3) is 6.14. The summed E-state index contributed by atoms with van der Waals surface area (Å²) in [5, 5.41) is 0. The van der Waals surface area contributed by atoms with Crippen molar-refractivity contribution in [1.29, 1.82) is 0 Å². The van der Waals surface area contributed by atoms with E-state index >= 15 is 0 Å². The first-order valence-corrected chi connectivity index (χ1v) is 5.22. The molecule has 0 spiro atoms. The van der Waals surface area contributed by atoms with E-state index in [0.717, 1.165) is 12.5 Å². The molecule has 0 aromatic rings. The fraction of sp³-hybridized carbons (Fsp3) is 0.833. The molecule has 0 atom stereocenters. The molecule has 0 aromatic heterocycles. The molecule has 5 nitrogen and oxygen atoms in total. The van der Waals surface area contributed by atoms with Gasteiger partial charge in [-0.3, -0.25) is 4.99 Å². The van der Waals surface area contributed by atoms with Gasteiger partial charge in [0.05, 0.1) is 0 Å². The van der Waals surface area contributed by atoms with Gasteiger partial charge < -0.3 is 20.3 Å². The number of hydrogen-bond acceptors (Lipinski definition) is 3. The van der Waals surface area contributed by atoms with E-state index in [4.69, 9.17) is 20.3 Å². The Labute approximate surface area is 74.6 Å². The van der Waals surface area contributed by atoms with Crippen molar-refractivity contribution in [2.45, 2.75) is 12.5 Å². The third-order valence-corrected chi connectivity index (χ3v) is 2.96. The van der Waals surface area contributed by atoms with Gasteiger partial charge in [-0.05, 0) is 12.5 Å². The molecule has 0 unspecified atom stereocenters. The second-order valence-electron chi connectivity index (χ2n) is 2.19. The van der Waals surface area contributed by atoms with Gasteiger partial charge >= 0.3 is 9.28 Å².